The molecule has 2 aromatic heterocycles. The van der Waals surface area contributed by atoms with Crippen LogP contribution in [0, 0.1) is 29.6 Å². The van der Waals surface area contributed by atoms with Crippen molar-refractivity contribution < 1.29 is 13.2 Å². The number of likely N-dealkylation sites (tertiary alicyclic amines) is 1. The molecule has 10 heteroatoms. The number of anilines is 1. The Kier molecular flexibility index (Phi) is 7.73. The monoisotopic (exact) mass is 615 g/mol. The fourth-order valence-corrected chi connectivity index (χ4v) is 7.95. The number of hydrogen-bond donors (Lipinski definition) is 1. The molecule has 1 aliphatic carbocycles. The van der Waals surface area contributed by atoms with Gasteiger partial charge in [0.25, 0.3) is 0 Å². The largest absolute Gasteiger partial charge is 0.393 e. The van der Waals surface area contributed by atoms with Gasteiger partial charge in [-0.1, -0.05) is 12.1 Å². The Morgan fingerprint density at radius 3 is 2.47 bits per heavy atom. The molecule has 3 fully saturated rings. The first-order chi connectivity index (χ1) is 21.6. The van der Waals surface area contributed by atoms with Crippen LogP contribution in [0.3, 0.4) is 0 Å². The fraction of sp³-hybridized carbons (Fsp3) is 0.514. The van der Waals surface area contributed by atoms with Crippen molar-refractivity contribution in [3.63, 3.8) is 0 Å². The summed E-state index contributed by atoms with van der Waals surface area (Å²) in [5, 5.41) is 11.8. The van der Waals surface area contributed by atoms with E-state index in [1.165, 1.54) is 28.9 Å². The molecule has 7 nitrogen and oxygen atoms in total. The number of halogens is 3. The third-order valence-electron chi connectivity index (χ3n) is 10.7. The molecule has 1 spiro atoms. The van der Waals surface area contributed by atoms with Gasteiger partial charge in [0.2, 0.25) is 0 Å². The average molecular weight is 616 g/mol. The number of alkyl halides is 3. The van der Waals surface area contributed by atoms with Crippen molar-refractivity contribution in [1.82, 2.24) is 19.4 Å². The quantitative estimate of drug-likeness (QED) is 0.267. The van der Waals surface area contributed by atoms with Crippen LogP contribution < -0.4 is 10.6 Å². The lowest BCUT2D eigenvalue weighted by atomic mass is 9.72. The van der Waals surface area contributed by atoms with Gasteiger partial charge < -0.3 is 15.2 Å². The normalized spacial score (nSPS) is 22.2. The number of hydrogen-bond acceptors (Lipinski definition) is 6. The molecule has 2 N–H and O–H groups in total. The van der Waals surface area contributed by atoms with Gasteiger partial charge in [0.15, 0.2) is 0 Å². The SMILES string of the molecule is Cc1c(CN2CCC3(CC2)CN(c2ncnc4ccc(CC(F)(F)F)cc24)C3)ccc2c1cc(C#N)n2CC1CCC(N)CC1. The Bertz CT molecular complexity index is 1750. The molecule has 7 rings (SSSR count). The highest BCUT2D eigenvalue weighted by molar-refractivity contribution is 5.90. The van der Waals surface area contributed by atoms with E-state index in [9.17, 15) is 18.4 Å². The molecule has 45 heavy (non-hydrogen) atoms. The third-order valence-corrected chi connectivity index (χ3v) is 10.7. The number of rotatable bonds is 6. The summed E-state index contributed by atoms with van der Waals surface area (Å²) in [4.78, 5) is 13.5. The standard InChI is InChI=1S/C35H40F3N7/c1-23-26(5-9-32-29(23)15-28(17-39)45(32)18-24-2-6-27(40)7-3-24)19-43-12-10-34(11-13-43)20-44(21-34)33-30-14-25(16-35(36,37)38)4-8-31(30)41-22-42-33/h4-5,8-9,14-15,22,24,27H,2-3,6-7,10-13,16,18-21,40H2,1H3. The summed E-state index contributed by atoms with van der Waals surface area (Å²) in [7, 11) is 0. The Balaban J connectivity index is 1.000. The number of nitrogens with zero attached hydrogens (tertiary/aromatic N) is 6. The smallest absolute Gasteiger partial charge is 0.355 e. The van der Waals surface area contributed by atoms with Gasteiger partial charge in [-0.25, -0.2) is 9.97 Å². The van der Waals surface area contributed by atoms with Crippen molar-refractivity contribution in [1.29, 1.82) is 5.26 Å². The number of nitriles is 1. The molecule has 4 aromatic rings. The molecule has 2 aromatic carbocycles. The molecule has 0 bridgehead atoms. The van der Waals surface area contributed by atoms with Gasteiger partial charge in [0.05, 0.1) is 11.9 Å². The van der Waals surface area contributed by atoms with E-state index in [1.807, 2.05) is 0 Å². The zero-order valence-electron chi connectivity index (χ0n) is 25.8. The zero-order chi connectivity index (χ0) is 31.3. The highest BCUT2D eigenvalue weighted by Gasteiger charge is 2.45. The van der Waals surface area contributed by atoms with Crippen molar-refractivity contribution >= 4 is 27.6 Å². The van der Waals surface area contributed by atoms with Gasteiger partial charge >= 0.3 is 6.18 Å². The predicted molar refractivity (Wildman–Crippen MR) is 170 cm³/mol. The molecule has 0 unspecified atom stereocenters. The van der Waals surface area contributed by atoms with Gasteiger partial charge in [0, 0.05) is 53.9 Å². The minimum Gasteiger partial charge on any atom is -0.355 e. The fourth-order valence-electron chi connectivity index (χ4n) is 7.95. The van der Waals surface area contributed by atoms with Crippen LogP contribution in [0.15, 0.2) is 42.7 Å². The van der Waals surface area contributed by atoms with Crippen molar-refractivity contribution in [2.45, 2.75) is 77.2 Å². The number of piperidine rings is 1. The average Bonchev–Trinajstić information content (AvgIpc) is 3.36. The van der Waals surface area contributed by atoms with Crippen LogP contribution >= 0.6 is 0 Å². The first-order valence-electron chi connectivity index (χ1n) is 16.1. The Morgan fingerprint density at radius 1 is 1.00 bits per heavy atom. The maximum Gasteiger partial charge on any atom is 0.393 e. The number of aromatic nitrogens is 3. The summed E-state index contributed by atoms with van der Waals surface area (Å²) < 4.78 is 41.3. The first kappa shape index (κ1) is 30.0. The van der Waals surface area contributed by atoms with Gasteiger partial charge in [0.1, 0.15) is 23.9 Å². The molecular formula is C35H40F3N7. The lowest BCUT2D eigenvalue weighted by Gasteiger charge is -2.54. The first-order valence-corrected chi connectivity index (χ1v) is 16.1. The number of nitrogens with two attached hydrogens (primary N) is 1. The summed E-state index contributed by atoms with van der Waals surface area (Å²) >= 11 is 0. The maximum atomic E-state index is 13.0. The summed E-state index contributed by atoms with van der Waals surface area (Å²) in [5.41, 5.74) is 11.7. The van der Waals surface area contributed by atoms with Crippen molar-refractivity contribution in [2.75, 3.05) is 31.1 Å². The summed E-state index contributed by atoms with van der Waals surface area (Å²) in [6.07, 6.45) is 2.82. The van der Waals surface area contributed by atoms with Gasteiger partial charge in [-0.2, -0.15) is 18.4 Å². The molecule has 4 heterocycles. The highest BCUT2D eigenvalue weighted by Crippen LogP contribution is 2.44. The van der Waals surface area contributed by atoms with E-state index >= 15 is 0 Å². The molecule has 3 aliphatic rings. The molecule has 2 aliphatic heterocycles. The van der Waals surface area contributed by atoms with E-state index in [0.717, 1.165) is 94.8 Å². The highest BCUT2D eigenvalue weighted by atomic mass is 19.4. The lowest BCUT2D eigenvalue weighted by Crippen LogP contribution is -2.60. The number of fused-ring (bicyclic) bond motifs is 2. The molecule has 2 saturated heterocycles. The van der Waals surface area contributed by atoms with Crippen LogP contribution in [0.4, 0.5) is 19.0 Å². The van der Waals surface area contributed by atoms with Crippen LogP contribution in [0.25, 0.3) is 21.8 Å². The van der Waals surface area contributed by atoms with Crippen LogP contribution in [0.1, 0.15) is 60.9 Å². The second-order valence-corrected chi connectivity index (χ2v) is 13.8. The van der Waals surface area contributed by atoms with E-state index in [2.05, 4.69) is 55.5 Å². The minimum absolute atomic E-state index is 0.207. The maximum absolute atomic E-state index is 13.0. The minimum atomic E-state index is -4.25. The molecule has 1 saturated carbocycles. The van der Waals surface area contributed by atoms with Gasteiger partial charge in [-0.05, 0) is 105 Å². The zero-order valence-corrected chi connectivity index (χ0v) is 25.8. The Hall–Kier alpha value is -3.68. The molecule has 0 radical (unpaired) electrons. The van der Waals surface area contributed by atoms with E-state index in [4.69, 9.17) is 5.73 Å². The van der Waals surface area contributed by atoms with Gasteiger partial charge in [-0.3, -0.25) is 4.90 Å². The lowest BCUT2D eigenvalue weighted by molar-refractivity contribution is -0.127. The predicted octanol–water partition coefficient (Wildman–Crippen LogP) is 6.49. The van der Waals surface area contributed by atoms with Crippen molar-refractivity contribution in [2.24, 2.45) is 17.1 Å². The second-order valence-electron chi connectivity index (χ2n) is 13.8. The second kappa shape index (κ2) is 11.6. The van der Waals surface area contributed by atoms with E-state index < -0.39 is 12.6 Å². The topological polar surface area (TPSA) is 87.0 Å². The number of benzene rings is 2. The molecular weight excluding hydrogens is 575 g/mol. The van der Waals surface area contributed by atoms with E-state index in [-0.39, 0.29) is 11.0 Å². The molecule has 236 valence electrons. The Morgan fingerprint density at radius 2 is 1.76 bits per heavy atom. The third kappa shape index (κ3) is 6.00. The van der Waals surface area contributed by atoms with Crippen molar-refractivity contribution in [3.8, 4) is 6.07 Å². The van der Waals surface area contributed by atoms with Crippen LogP contribution in [-0.4, -0.2) is 57.8 Å². The van der Waals surface area contributed by atoms with E-state index in [1.54, 1.807) is 12.1 Å². The summed E-state index contributed by atoms with van der Waals surface area (Å²) in [5.74, 6) is 1.30. The van der Waals surface area contributed by atoms with Crippen molar-refractivity contribution in [3.05, 3.63) is 65.1 Å². The number of aryl methyl sites for hydroxylation is 1. The van der Waals surface area contributed by atoms with Gasteiger partial charge in [-0.15, -0.1) is 0 Å². The summed E-state index contributed by atoms with van der Waals surface area (Å²) in [6, 6.07) is 14.0. The van der Waals surface area contributed by atoms with Crippen LogP contribution in [-0.2, 0) is 19.5 Å². The van der Waals surface area contributed by atoms with Crippen LogP contribution in [0.5, 0.6) is 0 Å². The van der Waals surface area contributed by atoms with Crippen LogP contribution in [0.2, 0.25) is 0 Å². The summed E-state index contributed by atoms with van der Waals surface area (Å²) in [6.45, 7) is 7.66. The molecule has 0 amide bonds. The Labute approximate surface area is 261 Å². The van der Waals surface area contributed by atoms with E-state index in [0.29, 0.717) is 22.9 Å². The molecule has 0 atom stereocenters.